The molecule has 4 heteroatoms. The Bertz CT molecular complexity index is 531. The fourth-order valence-corrected chi connectivity index (χ4v) is 1.35. The molecule has 2 rings (SSSR count). The number of hydrogen-bond acceptors (Lipinski definition) is 3. The van der Waals surface area contributed by atoms with Gasteiger partial charge in [-0.3, -0.25) is 10.1 Å². The Morgan fingerprint density at radius 1 is 1.06 bits per heavy atom. The average molecular weight is 215 g/mol. The largest absolute Gasteiger partial charge is 0.350 e. The Hall–Kier alpha value is -2.36. The first-order valence-corrected chi connectivity index (χ1v) is 4.77. The molecule has 16 heavy (non-hydrogen) atoms. The van der Waals surface area contributed by atoms with Crippen molar-refractivity contribution in [1.82, 2.24) is 0 Å². The normalized spacial score (nSPS) is 10.6. The molecule has 1 N–H and O–H groups in total. The van der Waals surface area contributed by atoms with Gasteiger partial charge in [-0.2, -0.15) is 0 Å². The standard InChI is InChI=1S/C12H10N2O2/c15-14(16)12-9-5-4-8-11(12)13-10-6-2-1-3-7-10/h1-9,13H/i/hD. The number of rotatable bonds is 3. The summed E-state index contributed by atoms with van der Waals surface area (Å²) in [5.74, 6) is 0. The number of nitro groups is 1. The topological polar surface area (TPSA) is 55.2 Å². The smallest absolute Gasteiger partial charge is 0.292 e. The van der Waals surface area contributed by atoms with Gasteiger partial charge in [-0.15, -0.1) is 0 Å². The van der Waals surface area contributed by atoms with Crippen molar-refractivity contribution in [1.29, 1.82) is 0 Å². The first-order valence-electron chi connectivity index (χ1n) is 5.22. The number of nitrogens with one attached hydrogen (secondary N) is 1. The summed E-state index contributed by atoms with van der Waals surface area (Å²) in [7, 11) is 0. The van der Waals surface area contributed by atoms with Gasteiger partial charge in [-0.25, -0.2) is 0 Å². The second kappa shape index (κ2) is 4.44. The van der Waals surface area contributed by atoms with Crippen LogP contribution >= 0.6 is 0 Å². The zero-order valence-corrected chi connectivity index (χ0v) is 8.41. The molecule has 0 amide bonds. The SMILES string of the molecule is [2H]N(c1ccccc1)c1ccccc1[N+](=O)[O-]. The molecule has 0 heterocycles. The first kappa shape index (κ1) is 8.91. The lowest BCUT2D eigenvalue weighted by Crippen LogP contribution is -1.96. The molecule has 0 radical (unpaired) electrons. The highest BCUT2D eigenvalue weighted by Crippen LogP contribution is 2.26. The predicted octanol–water partition coefficient (Wildman–Crippen LogP) is 3.34. The van der Waals surface area contributed by atoms with Crippen molar-refractivity contribution >= 4 is 17.1 Å². The molecule has 0 saturated heterocycles. The minimum Gasteiger partial charge on any atom is -0.350 e. The lowest BCUT2D eigenvalue weighted by atomic mass is 10.2. The van der Waals surface area contributed by atoms with Gasteiger partial charge in [0.15, 0.2) is 1.41 Å². The van der Waals surface area contributed by atoms with Gasteiger partial charge in [0, 0.05) is 11.8 Å². The highest BCUT2D eigenvalue weighted by Gasteiger charge is 2.11. The van der Waals surface area contributed by atoms with Gasteiger partial charge in [0.1, 0.15) is 5.69 Å². The summed E-state index contributed by atoms with van der Waals surface area (Å²) in [5, 5.41) is 11.9. The van der Waals surface area contributed by atoms with Crippen LogP contribution in [-0.4, -0.2) is 4.92 Å². The molecule has 0 unspecified atom stereocenters. The Labute approximate surface area is 94.2 Å². The number of benzene rings is 2. The van der Waals surface area contributed by atoms with E-state index in [4.69, 9.17) is 1.41 Å². The molecule has 0 aromatic heterocycles. The Morgan fingerprint density at radius 2 is 1.69 bits per heavy atom. The molecule has 0 fully saturated rings. The van der Waals surface area contributed by atoms with Gasteiger partial charge >= 0.3 is 0 Å². The van der Waals surface area contributed by atoms with E-state index in [1.165, 1.54) is 6.07 Å². The van der Waals surface area contributed by atoms with Gasteiger partial charge in [0.25, 0.3) is 5.69 Å². The molecule has 2 aromatic rings. The van der Waals surface area contributed by atoms with Gasteiger partial charge in [0.2, 0.25) is 0 Å². The minimum absolute atomic E-state index is 0.0775. The highest BCUT2D eigenvalue weighted by molar-refractivity contribution is 5.69. The van der Waals surface area contributed by atoms with Gasteiger partial charge < -0.3 is 5.31 Å². The molecule has 0 aliphatic carbocycles. The van der Waals surface area contributed by atoms with Crippen LogP contribution in [0.15, 0.2) is 54.6 Å². The van der Waals surface area contributed by atoms with Crippen molar-refractivity contribution in [2.24, 2.45) is 0 Å². The third-order valence-electron chi connectivity index (χ3n) is 2.08. The molecule has 0 spiro atoms. The second-order valence-corrected chi connectivity index (χ2v) is 3.19. The summed E-state index contributed by atoms with van der Waals surface area (Å²) in [5.41, 5.74) is 0.761. The van der Waals surface area contributed by atoms with Crippen LogP contribution in [0.25, 0.3) is 0 Å². The zero-order valence-electron chi connectivity index (χ0n) is 9.41. The molecule has 4 nitrogen and oxygen atoms in total. The van der Waals surface area contributed by atoms with Crippen molar-refractivity contribution < 1.29 is 6.34 Å². The average Bonchev–Trinajstić information content (AvgIpc) is 2.39. The molecular weight excluding hydrogens is 204 g/mol. The van der Waals surface area contributed by atoms with Crippen LogP contribution in [0.2, 0.25) is 1.41 Å². The highest BCUT2D eigenvalue weighted by atomic mass is 16.6. The van der Waals surface area contributed by atoms with Crippen molar-refractivity contribution in [2.45, 2.75) is 0 Å². The van der Waals surface area contributed by atoms with E-state index in [9.17, 15) is 10.1 Å². The van der Waals surface area contributed by atoms with E-state index in [0.717, 1.165) is 5.31 Å². The molecule has 80 valence electrons. The van der Waals surface area contributed by atoms with Gasteiger partial charge in [-0.1, -0.05) is 30.3 Å². The van der Waals surface area contributed by atoms with Gasteiger partial charge in [0.05, 0.1) is 4.92 Å². The number of nitro benzene ring substituents is 1. The first-order chi connectivity index (χ1) is 8.20. The molecular formula is C12H10N2O2. The quantitative estimate of drug-likeness (QED) is 0.631. The second-order valence-electron chi connectivity index (χ2n) is 3.19. The van der Waals surface area contributed by atoms with E-state index < -0.39 is 4.92 Å². The molecule has 0 bridgehead atoms. The van der Waals surface area contributed by atoms with E-state index >= 15 is 0 Å². The summed E-state index contributed by atoms with van der Waals surface area (Å²) in [6.45, 7) is 0. The maximum Gasteiger partial charge on any atom is 0.292 e. The van der Waals surface area contributed by atoms with Gasteiger partial charge in [-0.05, 0) is 18.2 Å². The van der Waals surface area contributed by atoms with Crippen molar-refractivity contribution in [3.05, 3.63) is 64.7 Å². The molecule has 0 saturated carbocycles. The summed E-state index contributed by atoms with van der Waals surface area (Å²) >= 11 is 0. The summed E-state index contributed by atoms with van der Waals surface area (Å²) in [4.78, 5) is 10.4. The molecule has 0 aliphatic rings. The van der Waals surface area contributed by atoms with Crippen LogP contribution in [0.3, 0.4) is 0 Å². The fraction of sp³-hybridized carbons (Fsp3) is 0. The number of para-hydroxylation sites is 3. The van der Waals surface area contributed by atoms with Crippen molar-refractivity contribution in [3.8, 4) is 0 Å². The van der Waals surface area contributed by atoms with E-state index in [0.29, 0.717) is 5.69 Å². The maximum absolute atomic E-state index is 10.9. The van der Waals surface area contributed by atoms with Crippen molar-refractivity contribution in [3.63, 3.8) is 0 Å². The maximum atomic E-state index is 10.9. The fourth-order valence-electron chi connectivity index (χ4n) is 1.35. The zero-order chi connectivity index (χ0) is 12.3. The Balaban J connectivity index is 2.44. The Kier molecular flexibility index (Phi) is 2.47. The van der Waals surface area contributed by atoms with E-state index in [2.05, 4.69) is 0 Å². The van der Waals surface area contributed by atoms with Crippen LogP contribution in [0.1, 0.15) is 0 Å². The number of hydrogen-bond donors (Lipinski definition) is 1. The van der Waals surface area contributed by atoms with Crippen LogP contribution < -0.4 is 5.31 Å². The van der Waals surface area contributed by atoms with Crippen LogP contribution in [0.4, 0.5) is 17.1 Å². The summed E-state index contributed by atoms with van der Waals surface area (Å²) < 4.78 is 7.92. The summed E-state index contributed by atoms with van der Waals surface area (Å²) in [6, 6.07) is 15.0. The van der Waals surface area contributed by atoms with Crippen LogP contribution in [-0.2, 0) is 0 Å². The minimum atomic E-state index is -0.486. The Morgan fingerprint density at radius 3 is 2.38 bits per heavy atom. The number of nitrogens with zero attached hydrogens (tertiary/aromatic N) is 1. The number of anilines is 2. The molecule has 0 aliphatic heterocycles. The van der Waals surface area contributed by atoms with E-state index in [-0.39, 0.29) is 11.4 Å². The third kappa shape index (κ3) is 2.17. The molecule has 2 aromatic carbocycles. The summed E-state index contributed by atoms with van der Waals surface area (Å²) in [6.07, 6.45) is 0. The van der Waals surface area contributed by atoms with E-state index in [1.807, 2.05) is 6.07 Å². The third-order valence-corrected chi connectivity index (χ3v) is 2.08. The van der Waals surface area contributed by atoms with E-state index in [1.54, 1.807) is 42.5 Å². The molecule has 0 atom stereocenters. The van der Waals surface area contributed by atoms with Crippen molar-refractivity contribution in [2.75, 3.05) is 5.31 Å². The monoisotopic (exact) mass is 215 g/mol. The predicted molar refractivity (Wildman–Crippen MR) is 62.8 cm³/mol. The lowest BCUT2D eigenvalue weighted by Gasteiger charge is -2.06. The lowest BCUT2D eigenvalue weighted by molar-refractivity contribution is -0.383. The van der Waals surface area contributed by atoms with Crippen LogP contribution in [0, 0.1) is 10.1 Å². The van der Waals surface area contributed by atoms with Crippen LogP contribution in [0.5, 0.6) is 0 Å².